The topological polar surface area (TPSA) is 67.6 Å². The van der Waals surface area contributed by atoms with Gasteiger partial charge in [0.05, 0.1) is 5.56 Å². The lowest BCUT2D eigenvalue weighted by Crippen LogP contribution is -2.05. The van der Waals surface area contributed by atoms with E-state index in [0.717, 1.165) is 12.1 Å². The summed E-state index contributed by atoms with van der Waals surface area (Å²) in [6.45, 7) is 0.113. The molecule has 0 atom stereocenters. The van der Waals surface area contributed by atoms with Gasteiger partial charge >= 0.3 is 6.18 Å². The molecule has 1 heterocycles. The monoisotopic (exact) mass is 242 g/mol. The van der Waals surface area contributed by atoms with Gasteiger partial charge in [0.25, 0.3) is 0 Å². The van der Waals surface area contributed by atoms with Crippen molar-refractivity contribution in [3.05, 3.63) is 35.5 Å². The zero-order valence-electron chi connectivity index (χ0n) is 8.62. The third-order valence-electron chi connectivity index (χ3n) is 2.28. The van der Waals surface area contributed by atoms with Crippen LogP contribution in [0, 0.1) is 0 Å². The van der Waals surface area contributed by atoms with Gasteiger partial charge in [-0.2, -0.15) is 28.6 Å². The summed E-state index contributed by atoms with van der Waals surface area (Å²) in [5, 5.41) is 9.90. The molecule has 0 aliphatic carbocycles. The van der Waals surface area contributed by atoms with Crippen LogP contribution >= 0.6 is 0 Å². The fraction of sp³-hybridized carbons (Fsp3) is 0.200. The molecule has 0 saturated carbocycles. The molecule has 0 aliphatic heterocycles. The first kappa shape index (κ1) is 11.6. The predicted molar refractivity (Wildman–Crippen MR) is 54.7 cm³/mol. The first-order chi connectivity index (χ1) is 8.02. The van der Waals surface area contributed by atoms with Crippen LogP contribution in [0.1, 0.15) is 11.3 Å². The van der Waals surface area contributed by atoms with E-state index in [9.17, 15) is 13.2 Å². The number of hydrogen-bond acceptors (Lipinski definition) is 3. The number of benzene rings is 1. The summed E-state index contributed by atoms with van der Waals surface area (Å²) in [4.78, 5) is 0. The van der Waals surface area contributed by atoms with E-state index in [1.54, 1.807) is 0 Å². The summed E-state index contributed by atoms with van der Waals surface area (Å²) >= 11 is 0. The summed E-state index contributed by atoms with van der Waals surface area (Å²) in [7, 11) is 0. The first-order valence-electron chi connectivity index (χ1n) is 4.79. The van der Waals surface area contributed by atoms with E-state index in [0.29, 0.717) is 17.0 Å². The molecule has 90 valence electrons. The maximum atomic E-state index is 12.5. The molecule has 0 amide bonds. The average Bonchev–Trinajstić information content (AvgIpc) is 2.76. The molecule has 0 aliphatic rings. The second-order valence-electron chi connectivity index (χ2n) is 3.40. The van der Waals surface area contributed by atoms with Crippen molar-refractivity contribution in [1.82, 2.24) is 15.4 Å². The van der Waals surface area contributed by atoms with Gasteiger partial charge in [-0.3, -0.25) is 0 Å². The average molecular weight is 242 g/mol. The van der Waals surface area contributed by atoms with Crippen molar-refractivity contribution in [2.45, 2.75) is 12.7 Å². The molecule has 2 rings (SSSR count). The number of aromatic nitrogens is 3. The van der Waals surface area contributed by atoms with Crippen LogP contribution in [0.2, 0.25) is 0 Å². The van der Waals surface area contributed by atoms with Crippen LogP contribution in [0.4, 0.5) is 13.2 Å². The molecular weight excluding hydrogens is 233 g/mol. The van der Waals surface area contributed by atoms with Crippen molar-refractivity contribution in [3.8, 4) is 11.3 Å². The summed E-state index contributed by atoms with van der Waals surface area (Å²) in [6, 6.07) is 4.89. The molecule has 0 spiro atoms. The number of alkyl halides is 3. The highest BCUT2D eigenvalue weighted by atomic mass is 19.4. The third-order valence-corrected chi connectivity index (χ3v) is 2.28. The molecule has 7 heteroatoms. The minimum Gasteiger partial charge on any atom is -0.325 e. The van der Waals surface area contributed by atoms with Crippen molar-refractivity contribution < 1.29 is 13.2 Å². The van der Waals surface area contributed by atoms with Crippen LogP contribution in [-0.4, -0.2) is 15.4 Å². The number of H-pyrrole nitrogens is 1. The van der Waals surface area contributed by atoms with Crippen molar-refractivity contribution in [3.63, 3.8) is 0 Å². The van der Waals surface area contributed by atoms with Gasteiger partial charge in [0.1, 0.15) is 11.4 Å². The lowest BCUT2D eigenvalue weighted by Gasteiger charge is -2.07. The smallest absolute Gasteiger partial charge is 0.325 e. The lowest BCUT2D eigenvalue weighted by molar-refractivity contribution is -0.137. The van der Waals surface area contributed by atoms with Crippen LogP contribution in [0.15, 0.2) is 24.3 Å². The lowest BCUT2D eigenvalue weighted by atomic mass is 10.1. The molecule has 0 bridgehead atoms. The highest BCUT2D eigenvalue weighted by Gasteiger charge is 2.30. The zero-order chi connectivity index (χ0) is 12.5. The van der Waals surface area contributed by atoms with E-state index in [4.69, 9.17) is 5.73 Å². The van der Waals surface area contributed by atoms with E-state index in [1.807, 2.05) is 0 Å². The normalized spacial score (nSPS) is 11.8. The maximum Gasteiger partial charge on any atom is 0.416 e. The highest BCUT2D eigenvalue weighted by Crippen LogP contribution is 2.32. The van der Waals surface area contributed by atoms with Gasteiger partial charge in [-0.1, -0.05) is 12.1 Å². The van der Waals surface area contributed by atoms with E-state index in [1.165, 1.54) is 12.1 Å². The van der Waals surface area contributed by atoms with Crippen molar-refractivity contribution in [2.75, 3.05) is 0 Å². The van der Waals surface area contributed by atoms with E-state index in [-0.39, 0.29) is 6.54 Å². The Kier molecular flexibility index (Phi) is 2.84. The summed E-state index contributed by atoms with van der Waals surface area (Å²) in [5.74, 6) is 0. The molecule has 1 aromatic heterocycles. The summed E-state index contributed by atoms with van der Waals surface area (Å²) < 4.78 is 37.6. The minimum atomic E-state index is -4.37. The van der Waals surface area contributed by atoms with Crippen molar-refractivity contribution in [2.24, 2.45) is 5.73 Å². The Morgan fingerprint density at radius 1 is 1.24 bits per heavy atom. The standard InChI is InChI=1S/C10H9F3N4/c11-10(12,13)7-3-1-2-6(4-7)9-8(5-14)15-17-16-9/h1-4H,5,14H2,(H,15,16,17). The molecule has 0 radical (unpaired) electrons. The SMILES string of the molecule is NCc1n[nH]nc1-c1cccc(C(F)(F)F)c1. The Labute approximate surface area is 94.6 Å². The number of aromatic amines is 1. The Hall–Kier alpha value is -1.89. The summed E-state index contributed by atoms with van der Waals surface area (Å²) in [6.07, 6.45) is -4.37. The number of rotatable bonds is 2. The van der Waals surface area contributed by atoms with Gasteiger partial charge in [0, 0.05) is 12.1 Å². The van der Waals surface area contributed by atoms with Crippen LogP contribution in [0.25, 0.3) is 11.3 Å². The van der Waals surface area contributed by atoms with Crippen LogP contribution < -0.4 is 5.73 Å². The van der Waals surface area contributed by atoms with E-state index in [2.05, 4.69) is 15.4 Å². The van der Waals surface area contributed by atoms with Crippen LogP contribution in [-0.2, 0) is 12.7 Å². The molecular formula is C10H9F3N4. The van der Waals surface area contributed by atoms with Crippen LogP contribution in [0.3, 0.4) is 0 Å². The molecule has 0 fully saturated rings. The van der Waals surface area contributed by atoms with Crippen molar-refractivity contribution >= 4 is 0 Å². The maximum absolute atomic E-state index is 12.5. The zero-order valence-corrected chi connectivity index (χ0v) is 8.62. The van der Waals surface area contributed by atoms with Crippen LogP contribution in [0.5, 0.6) is 0 Å². The number of halogens is 3. The first-order valence-corrected chi connectivity index (χ1v) is 4.79. The Morgan fingerprint density at radius 2 is 2.00 bits per heavy atom. The van der Waals surface area contributed by atoms with Crippen molar-refractivity contribution in [1.29, 1.82) is 0 Å². The second kappa shape index (κ2) is 4.17. The van der Waals surface area contributed by atoms with Gasteiger partial charge in [-0.05, 0) is 12.1 Å². The number of nitrogens with two attached hydrogens (primary N) is 1. The number of nitrogens with one attached hydrogen (secondary N) is 1. The molecule has 1 aromatic carbocycles. The number of hydrogen-bond donors (Lipinski definition) is 2. The molecule has 0 saturated heterocycles. The Bertz CT molecular complexity index is 518. The van der Waals surface area contributed by atoms with Gasteiger partial charge in [-0.15, -0.1) is 0 Å². The molecule has 3 N–H and O–H groups in total. The second-order valence-corrected chi connectivity index (χ2v) is 3.40. The minimum absolute atomic E-state index is 0.113. The molecule has 2 aromatic rings. The van der Waals surface area contributed by atoms with Gasteiger partial charge in [-0.25, -0.2) is 0 Å². The third kappa shape index (κ3) is 2.28. The van der Waals surface area contributed by atoms with E-state index >= 15 is 0 Å². The Balaban J connectivity index is 2.47. The summed E-state index contributed by atoms with van der Waals surface area (Å²) in [5.41, 5.74) is 5.81. The fourth-order valence-electron chi connectivity index (χ4n) is 1.47. The number of nitrogens with zero attached hydrogens (tertiary/aromatic N) is 2. The van der Waals surface area contributed by atoms with Gasteiger partial charge < -0.3 is 5.73 Å². The Morgan fingerprint density at radius 3 is 2.65 bits per heavy atom. The van der Waals surface area contributed by atoms with Gasteiger partial charge in [0.15, 0.2) is 0 Å². The quantitative estimate of drug-likeness (QED) is 0.845. The fourth-order valence-corrected chi connectivity index (χ4v) is 1.47. The van der Waals surface area contributed by atoms with E-state index < -0.39 is 11.7 Å². The predicted octanol–water partition coefficient (Wildman–Crippen LogP) is 1.95. The molecule has 0 unspecified atom stereocenters. The largest absolute Gasteiger partial charge is 0.416 e. The molecule has 4 nitrogen and oxygen atoms in total. The highest BCUT2D eigenvalue weighted by molar-refractivity contribution is 5.62. The van der Waals surface area contributed by atoms with Gasteiger partial charge in [0.2, 0.25) is 0 Å². The molecule has 17 heavy (non-hydrogen) atoms.